The molecule has 0 spiro atoms. The molecule has 0 N–H and O–H groups in total. The van der Waals surface area contributed by atoms with Gasteiger partial charge >= 0.3 is 0 Å². The fraction of sp³-hybridized carbons (Fsp3) is 0.273. The average Bonchev–Trinajstić information content (AvgIpc) is 2.25. The molecule has 15 heavy (non-hydrogen) atoms. The first-order chi connectivity index (χ1) is 7.19. The molecule has 1 heterocycles. The summed E-state index contributed by atoms with van der Waals surface area (Å²) in [6.07, 6.45) is 1.69. The van der Waals surface area contributed by atoms with E-state index in [-0.39, 0.29) is 5.91 Å². The predicted octanol–water partition coefficient (Wildman–Crippen LogP) is 2.38. The van der Waals surface area contributed by atoms with Crippen molar-refractivity contribution in [1.29, 1.82) is 0 Å². The van der Waals surface area contributed by atoms with Crippen molar-refractivity contribution in [3.8, 4) is 0 Å². The number of amides is 1. The van der Waals surface area contributed by atoms with Crippen molar-refractivity contribution in [3.05, 3.63) is 41.7 Å². The number of hydrogen-bond acceptors (Lipinski definition) is 2. The van der Waals surface area contributed by atoms with Crippen molar-refractivity contribution in [1.82, 2.24) is 9.88 Å². The van der Waals surface area contributed by atoms with Crippen LogP contribution >= 0.6 is 11.6 Å². The number of nitrogens with zero attached hydrogens (tertiary/aromatic N) is 2. The van der Waals surface area contributed by atoms with Crippen LogP contribution in [0.15, 0.2) is 30.9 Å². The number of halogens is 1. The van der Waals surface area contributed by atoms with Gasteiger partial charge < -0.3 is 4.90 Å². The first-order valence-electron chi connectivity index (χ1n) is 4.71. The van der Waals surface area contributed by atoms with Crippen molar-refractivity contribution >= 4 is 17.5 Å². The number of carbonyl (C=O) groups is 1. The molecule has 1 amide bonds. The molecule has 0 radical (unpaired) electrons. The largest absolute Gasteiger partial charge is 0.334 e. The molecule has 0 unspecified atom stereocenters. The third-order valence-corrected chi connectivity index (χ3v) is 2.16. The lowest BCUT2D eigenvalue weighted by Gasteiger charge is -2.18. The molecule has 4 heteroatoms. The van der Waals surface area contributed by atoms with Crippen molar-refractivity contribution in [2.75, 3.05) is 13.1 Å². The minimum atomic E-state index is -0.125. The number of aromatic nitrogens is 1. The van der Waals surface area contributed by atoms with Gasteiger partial charge in [0.05, 0.1) is 0 Å². The zero-order valence-electron chi connectivity index (χ0n) is 8.61. The van der Waals surface area contributed by atoms with Crippen LogP contribution in [0.4, 0.5) is 0 Å². The lowest BCUT2D eigenvalue weighted by molar-refractivity contribution is 0.0776. The van der Waals surface area contributed by atoms with Gasteiger partial charge in [0.1, 0.15) is 10.8 Å². The van der Waals surface area contributed by atoms with E-state index >= 15 is 0 Å². The van der Waals surface area contributed by atoms with E-state index in [4.69, 9.17) is 11.6 Å². The maximum atomic E-state index is 11.9. The quantitative estimate of drug-likeness (QED) is 0.581. The van der Waals surface area contributed by atoms with Gasteiger partial charge in [-0.3, -0.25) is 4.79 Å². The number of pyridine rings is 1. The molecule has 0 aromatic carbocycles. The van der Waals surface area contributed by atoms with Crippen LogP contribution in [0, 0.1) is 0 Å². The third-order valence-electron chi connectivity index (χ3n) is 1.95. The molecule has 0 saturated carbocycles. The maximum Gasteiger partial charge on any atom is 0.272 e. The normalized spacial score (nSPS) is 9.73. The van der Waals surface area contributed by atoms with Gasteiger partial charge in [0.25, 0.3) is 5.91 Å². The Morgan fingerprint density at radius 3 is 2.93 bits per heavy atom. The summed E-state index contributed by atoms with van der Waals surface area (Å²) in [7, 11) is 0. The minimum Gasteiger partial charge on any atom is -0.334 e. The van der Waals surface area contributed by atoms with Crippen LogP contribution in [0.25, 0.3) is 0 Å². The SMILES string of the molecule is C=CCN(CC)C(=O)c1cccc(Cl)n1. The zero-order valence-corrected chi connectivity index (χ0v) is 9.37. The number of likely N-dealkylation sites (N-methyl/N-ethyl adjacent to an activating group) is 1. The van der Waals surface area contributed by atoms with E-state index in [9.17, 15) is 4.79 Å². The first-order valence-corrected chi connectivity index (χ1v) is 5.09. The average molecular weight is 225 g/mol. The van der Waals surface area contributed by atoms with Gasteiger partial charge in [0, 0.05) is 13.1 Å². The molecule has 1 aromatic rings. The summed E-state index contributed by atoms with van der Waals surface area (Å²) in [5.74, 6) is -0.125. The van der Waals surface area contributed by atoms with E-state index in [1.54, 1.807) is 29.2 Å². The fourth-order valence-electron chi connectivity index (χ4n) is 1.20. The van der Waals surface area contributed by atoms with E-state index in [2.05, 4.69) is 11.6 Å². The maximum absolute atomic E-state index is 11.9. The third kappa shape index (κ3) is 3.06. The topological polar surface area (TPSA) is 33.2 Å². The smallest absolute Gasteiger partial charge is 0.272 e. The van der Waals surface area contributed by atoms with E-state index in [1.165, 1.54) is 0 Å². The van der Waals surface area contributed by atoms with Crippen molar-refractivity contribution < 1.29 is 4.79 Å². The minimum absolute atomic E-state index is 0.125. The summed E-state index contributed by atoms with van der Waals surface area (Å²) >= 11 is 5.71. The van der Waals surface area contributed by atoms with Crippen LogP contribution in [-0.2, 0) is 0 Å². The van der Waals surface area contributed by atoms with Crippen LogP contribution in [0.3, 0.4) is 0 Å². The van der Waals surface area contributed by atoms with Gasteiger partial charge in [-0.05, 0) is 19.1 Å². The van der Waals surface area contributed by atoms with E-state index in [1.807, 2.05) is 6.92 Å². The molecule has 0 saturated heterocycles. The summed E-state index contributed by atoms with van der Waals surface area (Å²) in [6, 6.07) is 5.01. The van der Waals surface area contributed by atoms with Crippen molar-refractivity contribution in [2.24, 2.45) is 0 Å². The van der Waals surface area contributed by atoms with E-state index in [0.29, 0.717) is 23.9 Å². The second kappa shape index (κ2) is 5.51. The molecule has 0 fully saturated rings. The molecule has 0 aliphatic carbocycles. The fourth-order valence-corrected chi connectivity index (χ4v) is 1.36. The highest BCUT2D eigenvalue weighted by Gasteiger charge is 2.13. The number of carbonyl (C=O) groups excluding carboxylic acids is 1. The Balaban J connectivity index is 2.87. The van der Waals surface area contributed by atoms with Crippen LogP contribution in [-0.4, -0.2) is 28.9 Å². The number of hydrogen-bond donors (Lipinski definition) is 0. The van der Waals surface area contributed by atoms with Gasteiger partial charge in [-0.1, -0.05) is 23.7 Å². The molecule has 0 aliphatic rings. The van der Waals surface area contributed by atoms with E-state index in [0.717, 1.165) is 0 Å². The summed E-state index contributed by atoms with van der Waals surface area (Å²) < 4.78 is 0. The molecule has 80 valence electrons. The Kier molecular flexibility index (Phi) is 4.31. The molecule has 0 atom stereocenters. The lowest BCUT2D eigenvalue weighted by Crippen LogP contribution is -2.31. The molecule has 1 rings (SSSR count). The van der Waals surface area contributed by atoms with Gasteiger partial charge in [-0.2, -0.15) is 0 Å². The molecule has 1 aromatic heterocycles. The Morgan fingerprint density at radius 1 is 1.67 bits per heavy atom. The summed E-state index contributed by atoms with van der Waals surface area (Å²) in [6.45, 7) is 6.65. The van der Waals surface area contributed by atoms with Crippen molar-refractivity contribution in [2.45, 2.75) is 6.92 Å². The van der Waals surface area contributed by atoms with Gasteiger partial charge in [0.2, 0.25) is 0 Å². The number of rotatable bonds is 4. The molecule has 0 aliphatic heterocycles. The Morgan fingerprint density at radius 2 is 2.40 bits per heavy atom. The second-order valence-electron chi connectivity index (χ2n) is 2.98. The summed E-state index contributed by atoms with van der Waals surface area (Å²) in [5, 5.41) is 0.329. The highest BCUT2D eigenvalue weighted by atomic mass is 35.5. The summed E-state index contributed by atoms with van der Waals surface area (Å²) in [5.41, 5.74) is 0.367. The van der Waals surface area contributed by atoms with Crippen LogP contribution in [0.5, 0.6) is 0 Å². The monoisotopic (exact) mass is 224 g/mol. The Bertz CT molecular complexity index is 365. The Hall–Kier alpha value is -1.35. The van der Waals surface area contributed by atoms with Crippen molar-refractivity contribution in [3.63, 3.8) is 0 Å². The summed E-state index contributed by atoms with van der Waals surface area (Å²) in [4.78, 5) is 17.5. The van der Waals surface area contributed by atoms with Gasteiger partial charge in [-0.15, -0.1) is 6.58 Å². The molecule has 0 bridgehead atoms. The standard InChI is InChI=1S/C11H13ClN2O/c1-3-8-14(4-2)11(15)9-6-5-7-10(12)13-9/h3,5-7H,1,4,8H2,2H3. The second-order valence-corrected chi connectivity index (χ2v) is 3.37. The van der Waals surface area contributed by atoms with Crippen LogP contribution in [0.1, 0.15) is 17.4 Å². The lowest BCUT2D eigenvalue weighted by atomic mass is 10.3. The first kappa shape index (κ1) is 11.7. The molecule has 3 nitrogen and oxygen atoms in total. The zero-order chi connectivity index (χ0) is 11.3. The molecular weight excluding hydrogens is 212 g/mol. The van der Waals surface area contributed by atoms with Gasteiger partial charge in [-0.25, -0.2) is 4.98 Å². The highest BCUT2D eigenvalue weighted by molar-refractivity contribution is 6.29. The van der Waals surface area contributed by atoms with Gasteiger partial charge in [0.15, 0.2) is 0 Å². The predicted molar refractivity (Wildman–Crippen MR) is 61.0 cm³/mol. The molecular formula is C11H13ClN2O. The van der Waals surface area contributed by atoms with Crippen LogP contribution in [0.2, 0.25) is 5.15 Å². The Labute approximate surface area is 94.4 Å². The van der Waals surface area contributed by atoms with E-state index < -0.39 is 0 Å². The highest BCUT2D eigenvalue weighted by Crippen LogP contribution is 2.07. The van der Waals surface area contributed by atoms with Crippen LogP contribution < -0.4 is 0 Å².